The van der Waals surface area contributed by atoms with Gasteiger partial charge >= 0.3 is 12.7 Å². The number of hydrogen-bond donors (Lipinski definition) is 2. The highest BCUT2D eigenvalue weighted by molar-refractivity contribution is 6.02. The van der Waals surface area contributed by atoms with Crippen molar-refractivity contribution in [2.45, 2.75) is 33.0 Å². The van der Waals surface area contributed by atoms with E-state index in [1.165, 1.54) is 50.6 Å². The summed E-state index contributed by atoms with van der Waals surface area (Å²) < 4.78 is 44.7. The van der Waals surface area contributed by atoms with Crippen LogP contribution in [0.1, 0.15) is 26.3 Å². The fourth-order valence-electron chi connectivity index (χ4n) is 2.63. The van der Waals surface area contributed by atoms with Gasteiger partial charge < -0.3 is 24.3 Å². The smallest absolute Gasteiger partial charge is 0.412 e. The van der Waals surface area contributed by atoms with E-state index in [1.807, 2.05) is 0 Å². The first kappa shape index (κ1) is 25.4. The van der Waals surface area contributed by atoms with Gasteiger partial charge in [0.05, 0.1) is 19.9 Å². The molecule has 0 saturated heterocycles. The Bertz CT molecular complexity index is 1020. The molecule has 33 heavy (non-hydrogen) atoms. The first-order valence-electron chi connectivity index (χ1n) is 9.80. The summed E-state index contributed by atoms with van der Waals surface area (Å²) in [6.07, 6.45) is 2.07. The number of benzene rings is 2. The molecule has 8 nitrogen and oxygen atoms in total. The summed E-state index contributed by atoms with van der Waals surface area (Å²) in [6, 6.07) is 8.98. The maximum atomic E-state index is 12.4. The summed E-state index contributed by atoms with van der Waals surface area (Å²) in [5, 5.41) is 5.25. The average Bonchev–Trinajstić information content (AvgIpc) is 2.71. The van der Waals surface area contributed by atoms with Gasteiger partial charge in [-0.25, -0.2) is 4.79 Å². The number of carbonyl (C=O) groups is 2. The highest BCUT2D eigenvalue weighted by Crippen LogP contribution is 2.30. The molecule has 2 N–H and O–H groups in total. The van der Waals surface area contributed by atoms with Gasteiger partial charge in [-0.1, -0.05) is 6.07 Å². The minimum absolute atomic E-state index is 0.103. The van der Waals surface area contributed by atoms with Gasteiger partial charge in [0.1, 0.15) is 11.4 Å². The van der Waals surface area contributed by atoms with Gasteiger partial charge in [0.25, 0.3) is 0 Å². The maximum Gasteiger partial charge on any atom is 0.412 e. The van der Waals surface area contributed by atoms with Crippen LogP contribution in [0.5, 0.6) is 17.2 Å². The number of alkyl halides is 2. The van der Waals surface area contributed by atoms with E-state index >= 15 is 0 Å². The van der Waals surface area contributed by atoms with Gasteiger partial charge in [-0.15, -0.1) is 0 Å². The second kappa shape index (κ2) is 11.2. The van der Waals surface area contributed by atoms with Crippen LogP contribution in [0.25, 0.3) is 6.08 Å². The molecule has 0 atom stereocenters. The molecule has 0 heterocycles. The van der Waals surface area contributed by atoms with Crippen LogP contribution in [0.15, 0.2) is 42.5 Å². The third-order valence-corrected chi connectivity index (χ3v) is 3.93. The van der Waals surface area contributed by atoms with Crippen LogP contribution in [0.2, 0.25) is 0 Å². The van der Waals surface area contributed by atoms with E-state index in [0.29, 0.717) is 22.7 Å². The lowest BCUT2D eigenvalue weighted by molar-refractivity contribution is -0.111. The number of methoxy groups -OCH3 is 2. The number of carbonyl (C=O) groups excluding carboxylic acids is 2. The lowest BCUT2D eigenvalue weighted by Gasteiger charge is -2.20. The Morgan fingerprint density at radius 3 is 2.21 bits per heavy atom. The van der Waals surface area contributed by atoms with Crippen LogP contribution < -0.4 is 24.8 Å². The number of rotatable bonds is 8. The molecular formula is C23H26F2N2O6. The molecule has 0 radical (unpaired) electrons. The van der Waals surface area contributed by atoms with Crippen molar-refractivity contribution in [3.05, 3.63) is 48.0 Å². The second-order valence-corrected chi connectivity index (χ2v) is 7.65. The molecule has 10 heteroatoms. The number of ether oxygens (including phenoxy) is 4. The standard InChI is InChI=1S/C23H26F2N2O6/c1-23(2,3)33-22(29)27-16-13-15(8-10-17(16)30-4)26-20(28)11-7-14-6-9-18(32-21(24)25)19(12-14)31-5/h6-13,21H,1-5H3,(H,26,28)(H,27,29)/b11-7+. The van der Waals surface area contributed by atoms with Crippen molar-refractivity contribution in [2.24, 2.45) is 0 Å². The molecule has 0 aliphatic rings. The van der Waals surface area contributed by atoms with Crippen molar-refractivity contribution in [1.82, 2.24) is 0 Å². The predicted molar refractivity (Wildman–Crippen MR) is 120 cm³/mol. The number of hydrogen-bond acceptors (Lipinski definition) is 6. The zero-order valence-corrected chi connectivity index (χ0v) is 18.9. The van der Waals surface area contributed by atoms with Crippen LogP contribution in [0, 0.1) is 0 Å². The Labute approximate surface area is 190 Å². The maximum absolute atomic E-state index is 12.4. The van der Waals surface area contributed by atoms with E-state index in [9.17, 15) is 18.4 Å². The van der Waals surface area contributed by atoms with Crippen molar-refractivity contribution < 1.29 is 37.3 Å². The van der Waals surface area contributed by atoms with Crippen molar-refractivity contribution in [3.8, 4) is 17.2 Å². The van der Waals surface area contributed by atoms with Crippen molar-refractivity contribution in [1.29, 1.82) is 0 Å². The molecule has 2 rings (SSSR count). The molecule has 2 amide bonds. The lowest BCUT2D eigenvalue weighted by Crippen LogP contribution is -2.27. The Hall–Kier alpha value is -3.82. The molecule has 2 aromatic rings. The van der Waals surface area contributed by atoms with E-state index in [4.69, 9.17) is 14.2 Å². The zero-order chi connectivity index (χ0) is 24.6. The number of halogens is 2. The summed E-state index contributed by atoms with van der Waals surface area (Å²) in [4.78, 5) is 24.4. The Morgan fingerprint density at radius 1 is 0.939 bits per heavy atom. The summed E-state index contributed by atoms with van der Waals surface area (Å²) >= 11 is 0. The van der Waals surface area contributed by atoms with Gasteiger partial charge in [-0.2, -0.15) is 8.78 Å². The van der Waals surface area contributed by atoms with Gasteiger partial charge in [0, 0.05) is 11.8 Å². The molecule has 178 valence electrons. The lowest BCUT2D eigenvalue weighted by atomic mass is 10.2. The van der Waals surface area contributed by atoms with Gasteiger partial charge in [0.2, 0.25) is 5.91 Å². The molecule has 0 bridgehead atoms. The van der Waals surface area contributed by atoms with Crippen LogP contribution in [0.4, 0.5) is 25.0 Å². The van der Waals surface area contributed by atoms with E-state index in [2.05, 4.69) is 15.4 Å². The van der Waals surface area contributed by atoms with Crippen LogP contribution in [0.3, 0.4) is 0 Å². The summed E-state index contributed by atoms with van der Waals surface area (Å²) in [5.41, 5.74) is 0.564. The highest BCUT2D eigenvalue weighted by Gasteiger charge is 2.18. The normalized spacial score (nSPS) is 11.3. The molecule has 0 aliphatic carbocycles. The van der Waals surface area contributed by atoms with E-state index in [-0.39, 0.29) is 11.5 Å². The van der Waals surface area contributed by atoms with E-state index in [0.717, 1.165) is 0 Å². The Morgan fingerprint density at radius 2 is 1.61 bits per heavy atom. The van der Waals surface area contributed by atoms with Crippen LogP contribution in [-0.4, -0.2) is 38.4 Å². The van der Waals surface area contributed by atoms with Crippen LogP contribution in [-0.2, 0) is 9.53 Å². The minimum Gasteiger partial charge on any atom is -0.495 e. The molecule has 0 unspecified atom stereocenters. The molecule has 2 aromatic carbocycles. The Kier molecular flexibility index (Phi) is 8.61. The SMILES string of the molecule is COc1ccc(NC(=O)/C=C/c2ccc(OC(F)F)c(OC)c2)cc1NC(=O)OC(C)(C)C. The third-order valence-electron chi connectivity index (χ3n) is 3.93. The first-order chi connectivity index (χ1) is 15.5. The second-order valence-electron chi connectivity index (χ2n) is 7.65. The molecular weight excluding hydrogens is 438 g/mol. The number of anilines is 2. The van der Waals surface area contributed by atoms with Crippen LogP contribution >= 0.6 is 0 Å². The van der Waals surface area contributed by atoms with Gasteiger partial charge in [-0.05, 0) is 62.7 Å². The molecule has 0 fully saturated rings. The Balaban J connectivity index is 2.10. The molecule has 0 spiro atoms. The largest absolute Gasteiger partial charge is 0.495 e. The van der Waals surface area contributed by atoms with E-state index in [1.54, 1.807) is 32.9 Å². The summed E-state index contributed by atoms with van der Waals surface area (Å²) in [7, 11) is 2.77. The fraction of sp³-hybridized carbons (Fsp3) is 0.304. The zero-order valence-electron chi connectivity index (χ0n) is 18.9. The molecule has 0 aliphatic heterocycles. The monoisotopic (exact) mass is 464 g/mol. The van der Waals surface area contributed by atoms with Gasteiger partial charge in [-0.3, -0.25) is 10.1 Å². The minimum atomic E-state index is -2.98. The average molecular weight is 464 g/mol. The first-order valence-corrected chi connectivity index (χ1v) is 9.80. The molecule has 0 saturated carbocycles. The third kappa shape index (κ3) is 8.32. The highest BCUT2D eigenvalue weighted by atomic mass is 19.3. The fourth-order valence-corrected chi connectivity index (χ4v) is 2.63. The topological polar surface area (TPSA) is 95.1 Å². The molecule has 0 aromatic heterocycles. The quantitative estimate of drug-likeness (QED) is 0.515. The van der Waals surface area contributed by atoms with Crippen molar-refractivity contribution in [3.63, 3.8) is 0 Å². The van der Waals surface area contributed by atoms with Crippen molar-refractivity contribution >= 4 is 29.5 Å². The van der Waals surface area contributed by atoms with E-state index < -0.39 is 24.2 Å². The summed E-state index contributed by atoms with van der Waals surface area (Å²) in [5.74, 6) is -0.0916. The number of amides is 2. The predicted octanol–water partition coefficient (Wildman–Crippen LogP) is 5.30. The van der Waals surface area contributed by atoms with Gasteiger partial charge in [0.15, 0.2) is 11.5 Å². The summed E-state index contributed by atoms with van der Waals surface area (Å²) in [6.45, 7) is 2.23. The van der Waals surface area contributed by atoms with Crippen molar-refractivity contribution in [2.75, 3.05) is 24.9 Å². The number of nitrogens with one attached hydrogen (secondary N) is 2.